The van der Waals surface area contributed by atoms with Gasteiger partial charge in [-0.15, -0.1) is 0 Å². The van der Waals surface area contributed by atoms with Gasteiger partial charge in [-0.05, 0) is 19.3 Å². The van der Waals surface area contributed by atoms with E-state index < -0.39 is 0 Å². The summed E-state index contributed by atoms with van der Waals surface area (Å²) >= 11 is 0. The van der Waals surface area contributed by atoms with Crippen LogP contribution in [0.5, 0.6) is 0 Å². The lowest BCUT2D eigenvalue weighted by Gasteiger charge is -2.30. The highest BCUT2D eigenvalue weighted by molar-refractivity contribution is 5.89. The number of unbranched alkanes of at least 4 members (excludes halogenated alkanes) is 18. The fourth-order valence-corrected chi connectivity index (χ4v) is 5.39. The zero-order valence-corrected chi connectivity index (χ0v) is 24.6. The molecule has 36 heavy (non-hydrogen) atoms. The first-order valence-corrected chi connectivity index (χ1v) is 16.1. The summed E-state index contributed by atoms with van der Waals surface area (Å²) in [6.45, 7) is 9.21. The van der Waals surface area contributed by atoms with E-state index in [1.165, 1.54) is 116 Å². The van der Waals surface area contributed by atoms with E-state index in [2.05, 4.69) is 26.1 Å². The average Bonchev–Trinajstić information content (AvgIpc) is 3.42. The molecule has 0 saturated heterocycles. The molecule has 0 radical (unpaired) electrons. The van der Waals surface area contributed by atoms with Crippen LogP contribution >= 0.6 is 0 Å². The van der Waals surface area contributed by atoms with Gasteiger partial charge in [0.25, 0.3) is 0 Å². The quantitative estimate of drug-likeness (QED) is 0.0938. The lowest BCUT2D eigenvalue weighted by molar-refractivity contribution is -0.144. The first-order valence-electron chi connectivity index (χ1n) is 16.1. The van der Waals surface area contributed by atoms with Gasteiger partial charge in [0.15, 0.2) is 0 Å². The standard InChI is InChI=1S/C32H62N2O2/c1-4-6-8-10-12-14-15-16-18-20-22-24-30(35)36-29-26-32(3,31-33-27-28-34-31)25-23-21-19-17-13-11-9-7-5-2/h4-29H2,1-3H3,(H,33,34). The number of amidine groups is 1. The Bertz CT molecular complexity index is 548. The Balaban J connectivity index is 2.11. The molecule has 0 fully saturated rings. The molecule has 1 heterocycles. The van der Waals surface area contributed by atoms with Gasteiger partial charge in [0.1, 0.15) is 5.84 Å². The van der Waals surface area contributed by atoms with Crippen molar-refractivity contribution in [2.24, 2.45) is 10.4 Å². The highest BCUT2D eigenvalue weighted by Gasteiger charge is 2.32. The molecule has 0 amide bonds. The molecule has 0 aromatic carbocycles. The summed E-state index contributed by atoms with van der Waals surface area (Å²) in [6, 6.07) is 0. The Labute approximate surface area is 225 Å². The Morgan fingerprint density at radius 2 is 1.19 bits per heavy atom. The smallest absolute Gasteiger partial charge is 0.305 e. The van der Waals surface area contributed by atoms with Crippen molar-refractivity contribution in [3.05, 3.63) is 0 Å². The Kier molecular flexibility index (Phi) is 21.1. The second-order valence-electron chi connectivity index (χ2n) is 11.6. The molecule has 4 nitrogen and oxygen atoms in total. The lowest BCUT2D eigenvalue weighted by Crippen LogP contribution is -2.37. The van der Waals surface area contributed by atoms with Crippen LogP contribution < -0.4 is 5.32 Å². The summed E-state index contributed by atoms with van der Waals surface area (Å²) in [5, 5.41) is 3.50. The van der Waals surface area contributed by atoms with Crippen LogP contribution in [0, 0.1) is 5.41 Å². The van der Waals surface area contributed by atoms with Gasteiger partial charge in [-0.1, -0.05) is 143 Å². The van der Waals surface area contributed by atoms with E-state index in [0.717, 1.165) is 44.6 Å². The van der Waals surface area contributed by atoms with Crippen LogP contribution in [0.3, 0.4) is 0 Å². The fraction of sp³-hybridized carbons (Fsp3) is 0.938. The molecule has 1 N–H and O–H groups in total. The highest BCUT2D eigenvalue weighted by Crippen LogP contribution is 2.31. The first kappa shape index (κ1) is 33.0. The fourth-order valence-electron chi connectivity index (χ4n) is 5.39. The van der Waals surface area contributed by atoms with E-state index in [1.54, 1.807) is 0 Å². The van der Waals surface area contributed by atoms with E-state index in [4.69, 9.17) is 9.73 Å². The van der Waals surface area contributed by atoms with E-state index in [0.29, 0.717) is 13.0 Å². The maximum Gasteiger partial charge on any atom is 0.305 e. The normalized spacial score (nSPS) is 14.9. The third-order valence-corrected chi connectivity index (χ3v) is 7.98. The van der Waals surface area contributed by atoms with Crippen molar-refractivity contribution in [3.8, 4) is 0 Å². The number of esters is 1. The number of carbonyl (C=O) groups excluding carboxylic acids is 1. The number of hydrogen-bond donors (Lipinski definition) is 1. The number of rotatable bonds is 26. The molecule has 212 valence electrons. The van der Waals surface area contributed by atoms with Crippen molar-refractivity contribution in [2.45, 2.75) is 168 Å². The van der Waals surface area contributed by atoms with Crippen molar-refractivity contribution in [1.82, 2.24) is 5.32 Å². The molecule has 0 saturated carbocycles. The Morgan fingerprint density at radius 3 is 1.67 bits per heavy atom. The largest absolute Gasteiger partial charge is 0.466 e. The molecule has 1 rings (SSSR count). The van der Waals surface area contributed by atoms with Gasteiger partial charge in [-0.2, -0.15) is 0 Å². The van der Waals surface area contributed by atoms with E-state index in [1.807, 2.05) is 0 Å². The number of nitrogens with zero attached hydrogens (tertiary/aromatic N) is 1. The molecular formula is C32H62N2O2. The predicted molar refractivity (Wildman–Crippen MR) is 157 cm³/mol. The number of ether oxygens (including phenoxy) is 1. The molecule has 0 bridgehead atoms. The second-order valence-corrected chi connectivity index (χ2v) is 11.6. The van der Waals surface area contributed by atoms with Gasteiger partial charge in [-0.3, -0.25) is 9.79 Å². The van der Waals surface area contributed by atoms with E-state index >= 15 is 0 Å². The highest BCUT2D eigenvalue weighted by atomic mass is 16.5. The van der Waals surface area contributed by atoms with Crippen molar-refractivity contribution in [1.29, 1.82) is 0 Å². The van der Waals surface area contributed by atoms with Gasteiger partial charge >= 0.3 is 5.97 Å². The minimum atomic E-state index is -0.0160. The third-order valence-electron chi connectivity index (χ3n) is 7.98. The zero-order chi connectivity index (χ0) is 26.2. The zero-order valence-electron chi connectivity index (χ0n) is 24.6. The third kappa shape index (κ3) is 17.4. The summed E-state index contributed by atoms with van der Waals surface area (Å²) < 4.78 is 5.66. The number of carbonyl (C=O) groups is 1. The Morgan fingerprint density at radius 1 is 0.722 bits per heavy atom. The number of nitrogens with one attached hydrogen (secondary N) is 1. The number of hydrogen-bond acceptors (Lipinski definition) is 4. The summed E-state index contributed by atoms with van der Waals surface area (Å²) in [4.78, 5) is 17.0. The summed E-state index contributed by atoms with van der Waals surface area (Å²) in [6.07, 6.45) is 29.1. The van der Waals surface area contributed by atoms with Gasteiger partial charge in [0.2, 0.25) is 0 Å². The average molecular weight is 507 g/mol. The lowest BCUT2D eigenvalue weighted by atomic mass is 9.80. The molecular weight excluding hydrogens is 444 g/mol. The maximum absolute atomic E-state index is 12.3. The summed E-state index contributed by atoms with van der Waals surface area (Å²) in [5.74, 6) is 1.13. The minimum Gasteiger partial charge on any atom is -0.466 e. The van der Waals surface area contributed by atoms with Gasteiger partial charge in [0.05, 0.1) is 13.2 Å². The van der Waals surface area contributed by atoms with Crippen molar-refractivity contribution >= 4 is 11.8 Å². The van der Waals surface area contributed by atoms with Crippen molar-refractivity contribution < 1.29 is 9.53 Å². The topological polar surface area (TPSA) is 50.7 Å². The van der Waals surface area contributed by atoms with Crippen LogP contribution in [0.1, 0.15) is 168 Å². The van der Waals surface area contributed by atoms with Crippen molar-refractivity contribution in [3.63, 3.8) is 0 Å². The SMILES string of the molecule is CCCCCCCCCCCCCC(=O)OCCC(C)(CCCCCCCCCCC)C1=NCCN1. The summed E-state index contributed by atoms with van der Waals surface area (Å²) in [7, 11) is 0. The predicted octanol–water partition coefficient (Wildman–Crippen LogP) is 9.55. The van der Waals surface area contributed by atoms with Crippen LogP contribution in [0.4, 0.5) is 0 Å². The van der Waals surface area contributed by atoms with E-state index in [9.17, 15) is 4.79 Å². The molecule has 0 aromatic heterocycles. The van der Waals surface area contributed by atoms with E-state index in [-0.39, 0.29) is 11.4 Å². The molecule has 1 aliphatic heterocycles. The monoisotopic (exact) mass is 506 g/mol. The Hall–Kier alpha value is -1.06. The van der Waals surface area contributed by atoms with Crippen LogP contribution in [-0.2, 0) is 9.53 Å². The first-order chi connectivity index (χ1) is 17.6. The molecule has 0 spiro atoms. The molecule has 4 heteroatoms. The summed E-state index contributed by atoms with van der Waals surface area (Å²) in [5.41, 5.74) is 0.00838. The van der Waals surface area contributed by atoms with Crippen LogP contribution in [-0.4, -0.2) is 31.5 Å². The van der Waals surface area contributed by atoms with Crippen LogP contribution in [0.15, 0.2) is 4.99 Å². The maximum atomic E-state index is 12.3. The second kappa shape index (κ2) is 23.1. The molecule has 1 unspecified atom stereocenters. The van der Waals surface area contributed by atoms with Crippen LogP contribution in [0.25, 0.3) is 0 Å². The van der Waals surface area contributed by atoms with Gasteiger partial charge in [-0.25, -0.2) is 0 Å². The molecule has 0 aromatic rings. The van der Waals surface area contributed by atoms with Gasteiger partial charge in [0, 0.05) is 18.4 Å². The van der Waals surface area contributed by atoms with Crippen LogP contribution in [0.2, 0.25) is 0 Å². The molecule has 0 aliphatic carbocycles. The molecule has 1 atom stereocenters. The van der Waals surface area contributed by atoms with Crippen molar-refractivity contribution in [2.75, 3.05) is 19.7 Å². The minimum absolute atomic E-state index is 0.00838. The molecule has 1 aliphatic rings. The number of aliphatic imine (C=N–C) groups is 1. The van der Waals surface area contributed by atoms with Gasteiger partial charge < -0.3 is 10.1 Å².